The fourth-order valence-corrected chi connectivity index (χ4v) is 1.37. The van der Waals surface area contributed by atoms with Crippen molar-refractivity contribution in [3.05, 3.63) is 0 Å². The second-order valence-electron chi connectivity index (χ2n) is 2.30. The lowest BCUT2D eigenvalue weighted by molar-refractivity contribution is -0.110. The van der Waals surface area contributed by atoms with Gasteiger partial charge in [0.25, 0.3) is 0 Å². The molecule has 0 spiro atoms. The molecule has 10 heavy (non-hydrogen) atoms. The van der Waals surface area contributed by atoms with Gasteiger partial charge in [-0.05, 0) is 6.42 Å². The highest BCUT2D eigenvalue weighted by atomic mass is 32.7. The molecule has 0 saturated heterocycles. The van der Waals surface area contributed by atoms with Gasteiger partial charge in [-0.25, -0.2) is 0 Å². The van der Waals surface area contributed by atoms with Crippen LogP contribution < -0.4 is 0 Å². The Morgan fingerprint density at radius 1 is 1.40 bits per heavy atom. The van der Waals surface area contributed by atoms with Crippen LogP contribution in [0.2, 0.25) is 0 Å². The van der Waals surface area contributed by atoms with Crippen LogP contribution in [-0.2, 0) is 4.79 Å². The van der Waals surface area contributed by atoms with E-state index < -0.39 is 0 Å². The van der Waals surface area contributed by atoms with Crippen LogP contribution in [0.25, 0.3) is 0 Å². The van der Waals surface area contributed by atoms with Crippen molar-refractivity contribution in [1.29, 1.82) is 0 Å². The third-order valence-corrected chi connectivity index (χ3v) is 2.62. The molecule has 0 radical (unpaired) electrons. The molecule has 0 aliphatic rings. The van der Waals surface area contributed by atoms with Gasteiger partial charge in [-0.3, -0.25) is 4.79 Å². The van der Waals surface area contributed by atoms with Gasteiger partial charge in [-0.2, -0.15) is 0 Å². The molecule has 1 atom stereocenters. The maximum atomic E-state index is 10.7. The third kappa shape index (κ3) is 6.57. The summed E-state index contributed by atoms with van der Waals surface area (Å²) in [5.74, 6) is 0. The highest BCUT2D eigenvalue weighted by Crippen LogP contribution is 2.16. The summed E-state index contributed by atoms with van der Waals surface area (Å²) in [4.78, 5) is 10.7. The monoisotopic (exact) mass is 178 g/mol. The Morgan fingerprint density at radius 3 is 2.60 bits per heavy atom. The smallest absolute Gasteiger partial charge is 0.192 e. The van der Waals surface area contributed by atoms with Crippen LogP contribution in [0, 0.1) is 0 Å². The third-order valence-electron chi connectivity index (χ3n) is 1.37. The average Bonchev–Trinajstić information content (AvgIpc) is 1.98. The predicted octanol–water partition coefficient (Wildman–Crippen LogP) is 3.01. The summed E-state index contributed by atoms with van der Waals surface area (Å²) < 4.78 is 0. The van der Waals surface area contributed by atoms with Gasteiger partial charge in [0.1, 0.15) is 0 Å². The zero-order chi connectivity index (χ0) is 7.82. The van der Waals surface area contributed by atoms with E-state index in [9.17, 15) is 4.79 Å². The van der Waals surface area contributed by atoms with Crippen LogP contribution >= 0.6 is 19.8 Å². The number of hydrogen-bond donors (Lipinski definition) is 0. The van der Waals surface area contributed by atoms with Crippen molar-refractivity contribution < 1.29 is 4.79 Å². The Kier molecular flexibility index (Phi) is 7.90. The standard InChI is InChI=1S/C7H15OPS/c1-2-3-4-5-6-7(8)10-9/h2-6,9H2,1H3. The predicted molar refractivity (Wildman–Crippen MR) is 51.1 cm³/mol. The lowest BCUT2D eigenvalue weighted by Gasteiger charge is -1.95. The molecule has 0 fully saturated rings. The molecule has 0 aliphatic heterocycles. The maximum absolute atomic E-state index is 10.7. The molecule has 0 bridgehead atoms. The van der Waals surface area contributed by atoms with E-state index in [1.807, 2.05) is 0 Å². The van der Waals surface area contributed by atoms with E-state index in [1.54, 1.807) is 0 Å². The SMILES string of the molecule is CCCCCCC(=O)SP. The first kappa shape index (κ1) is 10.4. The summed E-state index contributed by atoms with van der Waals surface area (Å²) in [6.07, 6.45) is 5.51. The number of carbonyl (C=O) groups is 1. The number of rotatable bonds is 5. The minimum atomic E-state index is 0.293. The highest BCUT2D eigenvalue weighted by Gasteiger charge is 1.96. The minimum Gasteiger partial charge on any atom is -0.287 e. The molecule has 0 aliphatic carbocycles. The highest BCUT2D eigenvalue weighted by molar-refractivity contribution is 8.52. The lowest BCUT2D eigenvalue weighted by atomic mass is 10.2. The van der Waals surface area contributed by atoms with Crippen LogP contribution in [0.4, 0.5) is 0 Å². The minimum absolute atomic E-state index is 0.293. The molecule has 0 N–H and O–H groups in total. The molecule has 0 amide bonds. The van der Waals surface area contributed by atoms with Crippen molar-refractivity contribution in [2.24, 2.45) is 0 Å². The number of unbranched alkanes of at least 4 members (excludes halogenated alkanes) is 3. The van der Waals surface area contributed by atoms with Crippen molar-refractivity contribution in [2.45, 2.75) is 39.0 Å². The van der Waals surface area contributed by atoms with E-state index in [0.29, 0.717) is 5.12 Å². The fraction of sp³-hybridized carbons (Fsp3) is 0.857. The normalized spacial score (nSPS) is 9.80. The largest absolute Gasteiger partial charge is 0.287 e. The summed E-state index contributed by atoms with van der Waals surface area (Å²) in [6.45, 7) is 2.17. The first-order valence-corrected chi connectivity index (χ1v) is 6.00. The molecule has 3 heteroatoms. The summed E-state index contributed by atoms with van der Waals surface area (Å²) in [5.41, 5.74) is 0. The van der Waals surface area contributed by atoms with Crippen molar-refractivity contribution in [3.8, 4) is 0 Å². The maximum Gasteiger partial charge on any atom is 0.192 e. The molecule has 1 nitrogen and oxygen atoms in total. The van der Waals surface area contributed by atoms with Crippen molar-refractivity contribution in [2.75, 3.05) is 0 Å². The van der Waals surface area contributed by atoms with Gasteiger partial charge in [-0.15, -0.1) is 0 Å². The van der Waals surface area contributed by atoms with Crippen LogP contribution in [-0.4, -0.2) is 5.12 Å². The Balaban J connectivity index is 2.96. The van der Waals surface area contributed by atoms with Crippen LogP contribution in [0.3, 0.4) is 0 Å². The summed E-state index contributed by atoms with van der Waals surface area (Å²) >= 11 is 1.26. The zero-order valence-corrected chi connectivity index (χ0v) is 8.40. The second-order valence-corrected chi connectivity index (χ2v) is 3.70. The molecule has 0 aromatic heterocycles. The summed E-state index contributed by atoms with van der Waals surface area (Å²) in [6, 6.07) is 0. The Bertz CT molecular complexity index is 95.6. The van der Waals surface area contributed by atoms with Gasteiger partial charge in [0.15, 0.2) is 5.12 Å². The van der Waals surface area contributed by atoms with Crippen LogP contribution in [0.15, 0.2) is 0 Å². The van der Waals surface area contributed by atoms with Gasteiger partial charge in [0, 0.05) is 6.42 Å². The number of hydrogen-bond acceptors (Lipinski definition) is 2. The van der Waals surface area contributed by atoms with E-state index in [2.05, 4.69) is 15.4 Å². The average molecular weight is 178 g/mol. The first-order chi connectivity index (χ1) is 4.81. The molecule has 0 heterocycles. The van der Waals surface area contributed by atoms with E-state index in [4.69, 9.17) is 0 Å². The molecule has 0 aromatic carbocycles. The molecule has 0 aromatic rings. The molecule has 0 rings (SSSR count). The molecule has 1 unspecified atom stereocenters. The van der Waals surface area contributed by atoms with Crippen LogP contribution in [0.5, 0.6) is 0 Å². The van der Waals surface area contributed by atoms with E-state index in [-0.39, 0.29) is 0 Å². The summed E-state index contributed by atoms with van der Waals surface area (Å²) in [5, 5.41) is 0.293. The molecular formula is C7H15OPS. The van der Waals surface area contributed by atoms with Gasteiger partial charge in [0.2, 0.25) is 0 Å². The van der Waals surface area contributed by atoms with Gasteiger partial charge >= 0.3 is 0 Å². The van der Waals surface area contributed by atoms with Crippen molar-refractivity contribution in [1.82, 2.24) is 0 Å². The van der Waals surface area contributed by atoms with Crippen LogP contribution in [0.1, 0.15) is 39.0 Å². The van der Waals surface area contributed by atoms with Gasteiger partial charge < -0.3 is 0 Å². The van der Waals surface area contributed by atoms with E-state index in [1.165, 1.54) is 30.6 Å². The second kappa shape index (κ2) is 7.56. The topological polar surface area (TPSA) is 17.1 Å². The molecule has 0 saturated carbocycles. The van der Waals surface area contributed by atoms with E-state index >= 15 is 0 Å². The summed E-state index contributed by atoms with van der Waals surface area (Å²) in [7, 11) is 2.38. The Morgan fingerprint density at radius 2 is 2.10 bits per heavy atom. The molecular weight excluding hydrogens is 163 g/mol. The Hall–Kier alpha value is 0.450. The fourth-order valence-electron chi connectivity index (χ4n) is 0.755. The van der Waals surface area contributed by atoms with E-state index in [0.717, 1.165) is 12.8 Å². The van der Waals surface area contributed by atoms with Crippen molar-refractivity contribution in [3.63, 3.8) is 0 Å². The first-order valence-electron chi connectivity index (χ1n) is 3.70. The molecule has 60 valence electrons. The van der Waals surface area contributed by atoms with Gasteiger partial charge in [0.05, 0.1) is 0 Å². The lowest BCUT2D eigenvalue weighted by Crippen LogP contribution is -1.87. The number of carbonyl (C=O) groups excluding carboxylic acids is 1. The zero-order valence-electron chi connectivity index (χ0n) is 6.43. The Labute approximate surface area is 69.3 Å². The van der Waals surface area contributed by atoms with Gasteiger partial charge in [-0.1, -0.05) is 46.0 Å². The quantitative estimate of drug-likeness (QED) is 0.475. The van der Waals surface area contributed by atoms with Crippen molar-refractivity contribution >= 4 is 24.9 Å².